The Morgan fingerprint density at radius 1 is 1.36 bits per heavy atom. The van der Waals surface area contributed by atoms with Gasteiger partial charge in [0.1, 0.15) is 5.78 Å². The third-order valence-electron chi connectivity index (χ3n) is 4.24. The normalized spacial score (nSPS) is 16.2. The van der Waals surface area contributed by atoms with Gasteiger partial charge in [-0.1, -0.05) is 0 Å². The van der Waals surface area contributed by atoms with Crippen molar-refractivity contribution in [1.29, 1.82) is 0 Å². The highest BCUT2D eigenvalue weighted by Crippen LogP contribution is 2.29. The van der Waals surface area contributed by atoms with Crippen molar-refractivity contribution in [2.24, 2.45) is 0 Å². The van der Waals surface area contributed by atoms with Crippen molar-refractivity contribution in [1.82, 2.24) is 14.8 Å². The summed E-state index contributed by atoms with van der Waals surface area (Å²) in [5, 5.41) is 8.66. The van der Waals surface area contributed by atoms with Crippen LogP contribution in [0.3, 0.4) is 0 Å². The molecule has 1 aliphatic rings. The van der Waals surface area contributed by atoms with Crippen molar-refractivity contribution in [2.45, 2.75) is 52.1 Å². The monoisotopic (exact) mass is 300 g/mol. The van der Waals surface area contributed by atoms with Gasteiger partial charge < -0.3 is 5.32 Å². The van der Waals surface area contributed by atoms with Gasteiger partial charge in [0.25, 0.3) is 0 Å². The minimum atomic E-state index is -0.0203. The average molecular weight is 300 g/mol. The number of aromatic nitrogens is 3. The lowest BCUT2D eigenvalue weighted by atomic mass is 9.93. The molecule has 1 saturated carbocycles. The van der Waals surface area contributed by atoms with E-state index in [2.05, 4.69) is 15.4 Å². The molecule has 0 unspecified atom stereocenters. The molecule has 3 rings (SSSR count). The molecule has 0 aromatic carbocycles. The van der Waals surface area contributed by atoms with Crippen LogP contribution in [0.4, 0.5) is 5.69 Å². The van der Waals surface area contributed by atoms with E-state index < -0.39 is 0 Å². The van der Waals surface area contributed by atoms with Crippen LogP contribution in [0.1, 0.15) is 49.9 Å². The Morgan fingerprint density at radius 2 is 2.09 bits per heavy atom. The number of ketones is 2. The van der Waals surface area contributed by atoms with Gasteiger partial charge in [0, 0.05) is 31.6 Å². The lowest BCUT2D eigenvalue weighted by Crippen LogP contribution is -2.27. The summed E-state index contributed by atoms with van der Waals surface area (Å²) >= 11 is 0. The highest BCUT2D eigenvalue weighted by molar-refractivity contribution is 6.06. The Labute approximate surface area is 128 Å². The first-order valence-electron chi connectivity index (χ1n) is 7.73. The standard InChI is InChI=1S/C16H20N4O2/c1-3-20-16-14(9-18-20)15(13(8-17-16)10(2)21)19-11-4-6-12(22)7-5-11/h8-9,11H,3-7H2,1-2H3,(H,17,19). The molecule has 1 N–H and O–H groups in total. The van der Waals surface area contributed by atoms with Gasteiger partial charge in [0.2, 0.25) is 0 Å². The van der Waals surface area contributed by atoms with E-state index in [0.29, 0.717) is 24.2 Å². The molecule has 116 valence electrons. The van der Waals surface area contributed by atoms with Gasteiger partial charge in [-0.2, -0.15) is 5.10 Å². The predicted molar refractivity (Wildman–Crippen MR) is 84.1 cm³/mol. The second-order valence-electron chi connectivity index (χ2n) is 5.76. The van der Waals surface area contributed by atoms with E-state index in [9.17, 15) is 9.59 Å². The van der Waals surface area contributed by atoms with Gasteiger partial charge in [-0.25, -0.2) is 9.67 Å². The molecule has 1 aliphatic carbocycles. The number of carbonyl (C=O) groups excluding carboxylic acids is 2. The minimum Gasteiger partial charge on any atom is -0.381 e. The summed E-state index contributed by atoms with van der Waals surface area (Å²) < 4.78 is 1.81. The predicted octanol–water partition coefficient (Wildman–Crippen LogP) is 2.58. The van der Waals surface area contributed by atoms with Crippen LogP contribution in [0.25, 0.3) is 11.0 Å². The van der Waals surface area contributed by atoms with Gasteiger partial charge in [0.15, 0.2) is 11.4 Å². The molecule has 6 heteroatoms. The van der Waals surface area contributed by atoms with Crippen molar-refractivity contribution in [2.75, 3.05) is 5.32 Å². The molecule has 2 aromatic rings. The van der Waals surface area contributed by atoms with Gasteiger partial charge in [-0.3, -0.25) is 9.59 Å². The number of hydrogen-bond donors (Lipinski definition) is 1. The molecule has 0 bridgehead atoms. The number of fused-ring (bicyclic) bond motifs is 1. The van der Waals surface area contributed by atoms with Crippen LogP contribution in [-0.4, -0.2) is 32.4 Å². The maximum absolute atomic E-state index is 11.9. The van der Waals surface area contributed by atoms with E-state index in [4.69, 9.17) is 0 Å². The summed E-state index contributed by atoms with van der Waals surface area (Å²) in [5.74, 6) is 0.302. The number of aryl methyl sites for hydroxylation is 1. The summed E-state index contributed by atoms with van der Waals surface area (Å²) in [6.45, 7) is 4.28. The number of rotatable bonds is 4. The van der Waals surface area contributed by atoms with Crippen molar-refractivity contribution < 1.29 is 9.59 Å². The Kier molecular flexibility index (Phi) is 3.92. The Bertz CT molecular complexity index is 725. The molecule has 0 atom stereocenters. The molecule has 6 nitrogen and oxygen atoms in total. The molecule has 2 aromatic heterocycles. The number of hydrogen-bond acceptors (Lipinski definition) is 5. The highest BCUT2D eigenvalue weighted by atomic mass is 16.1. The number of anilines is 1. The fraction of sp³-hybridized carbons (Fsp3) is 0.500. The third-order valence-corrected chi connectivity index (χ3v) is 4.24. The van der Waals surface area contributed by atoms with Gasteiger partial charge in [-0.05, 0) is 26.7 Å². The van der Waals surface area contributed by atoms with E-state index in [1.807, 2.05) is 11.6 Å². The second kappa shape index (κ2) is 5.87. The molecule has 0 amide bonds. The summed E-state index contributed by atoms with van der Waals surface area (Å²) in [6.07, 6.45) is 6.21. The molecule has 0 saturated heterocycles. The molecule has 0 aliphatic heterocycles. The first kappa shape index (κ1) is 14.7. The first-order valence-corrected chi connectivity index (χ1v) is 7.73. The number of carbonyl (C=O) groups is 2. The number of Topliss-reactive ketones (excluding diaryl/α,β-unsaturated/α-hetero) is 2. The second-order valence-corrected chi connectivity index (χ2v) is 5.76. The van der Waals surface area contributed by atoms with E-state index in [-0.39, 0.29) is 11.8 Å². The maximum atomic E-state index is 11.9. The fourth-order valence-electron chi connectivity index (χ4n) is 2.97. The van der Waals surface area contributed by atoms with Gasteiger partial charge >= 0.3 is 0 Å². The third kappa shape index (κ3) is 2.61. The van der Waals surface area contributed by atoms with Gasteiger partial charge in [0.05, 0.1) is 22.8 Å². The van der Waals surface area contributed by atoms with Crippen LogP contribution in [-0.2, 0) is 11.3 Å². The quantitative estimate of drug-likeness (QED) is 0.878. The zero-order valence-electron chi connectivity index (χ0n) is 12.9. The van der Waals surface area contributed by atoms with Crippen molar-refractivity contribution >= 4 is 28.3 Å². The molecule has 2 heterocycles. The van der Waals surface area contributed by atoms with Crippen molar-refractivity contribution in [3.05, 3.63) is 18.0 Å². The smallest absolute Gasteiger partial charge is 0.163 e. The summed E-state index contributed by atoms with van der Waals surface area (Å²) in [4.78, 5) is 27.7. The average Bonchev–Trinajstić information content (AvgIpc) is 2.93. The van der Waals surface area contributed by atoms with Crippen LogP contribution in [0.5, 0.6) is 0 Å². The van der Waals surface area contributed by atoms with Gasteiger partial charge in [-0.15, -0.1) is 0 Å². The van der Waals surface area contributed by atoms with Crippen molar-refractivity contribution in [3.8, 4) is 0 Å². The number of nitrogens with zero attached hydrogens (tertiary/aromatic N) is 3. The largest absolute Gasteiger partial charge is 0.381 e. The van der Waals surface area contributed by atoms with E-state index in [0.717, 1.165) is 36.1 Å². The number of nitrogens with one attached hydrogen (secondary N) is 1. The SMILES string of the molecule is CCn1ncc2c(NC3CCC(=O)CC3)c(C(C)=O)cnc21. The van der Waals surface area contributed by atoms with Crippen molar-refractivity contribution in [3.63, 3.8) is 0 Å². The van der Waals surface area contributed by atoms with E-state index in [1.54, 1.807) is 19.3 Å². The van der Waals surface area contributed by atoms with Crippen LogP contribution in [0, 0.1) is 0 Å². The zero-order valence-corrected chi connectivity index (χ0v) is 12.9. The Balaban J connectivity index is 2.01. The molecular weight excluding hydrogens is 280 g/mol. The Hall–Kier alpha value is -2.24. The fourth-order valence-corrected chi connectivity index (χ4v) is 2.97. The van der Waals surface area contributed by atoms with Crippen LogP contribution in [0.15, 0.2) is 12.4 Å². The van der Waals surface area contributed by atoms with Crippen LogP contribution < -0.4 is 5.32 Å². The molecule has 0 radical (unpaired) electrons. The molecular formula is C16H20N4O2. The first-order chi connectivity index (χ1) is 10.6. The maximum Gasteiger partial charge on any atom is 0.163 e. The number of pyridine rings is 1. The zero-order chi connectivity index (χ0) is 15.7. The van der Waals surface area contributed by atoms with Crippen LogP contribution in [0.2, 0.25) is 0 Å². The summed E-state index contributed by atoms with van der Waals surface area (Å²) in [6, 6.07) is 0.214. The van der Waals surface area contributed by atoms with E-state index >= 15 is 0 Å². The molecule has 0 spiro atoms. The molecule has 22 heavy (non-hydrogen) atoms. The molecule has 1 fully saturated rings. The summed E-state index contributed by atoms with van der Waals surface area (Å²) in [5.41, 5.74) is 2.17. The topological polar surface area (TPSA) is 76.9 Å². The lowest BCUT2D eigenvalue weighted by Gasteiger charge is -2.24. The summed E-state index contributed by atoms with van der Waals surface area (Å²) in [7, 11) is 0. The van der Waals surface area contributed by atoms with E-state index in [1.165, 1.54) is 0 Å². The Morgan fingerprint density at radius 3 is 2.73 bits per heavy atom. The lowest BCUT2D eigenvalue weighted by molar-refractivity contribution is -0.120. The minimum absolute atomic E-state index is 0.0203. The van der Waals surface area contributed by atoms with Crippen LogP contribution >= 0.6 is 0 Å². The highest BCUT2D eigenvalue weighted by Gasteiger charge is 2.22.